The second-order valence-electron chi connectivity index (χ2n) is 15.5. The maximum Gasteiger partial charge on any atom is 0.328 e. The number of rotatable bonds is 24. The lowest BCUT2D eigenvalue weighted by atomic mass is 10.1. The maximum atomic E-state index is 12.2. The molecule has 0 saturated heterocycles. The van der Waals surface area contributed by atoms with Gasteiger partial charge in [0.25, 0.3) is 11.8 Å². The third-order valence-corrected chi connectivity index (χ3v) is 9.04. The number of benzene rings is 2. The number of carbonyl (C=O) groups is 13. The fourth-order valence-corrected chi connectivity index (χ4v) is 5.26. The Balaban J connectivity index is 0. The highest BCUT2D eigenvalue weighted by atomic mass is 16.5. The Morgan fingerprint density at radius 3 is 1.05 bits per heavy atom. The molecule has 0 spiro atoms. The van der Waals surface area contributed by atoms with Gasteiger partial charge in [-0.25, -0.2) is 19.2 Å². The first-order chi connectivity index (χ1) is 35.3. The zero-order valence-corrected chi connectivity index (χ0v) is 44.0. The van der Waals surface area contributed by atoms with Gasteiger partial charge in [0.05, 0.1) is 28.4 Å². The lowest BCUT2D eigenvalue weighted by Gasteiger charge is -2.15. The van der Waals surface area contributed by atoms with E-state index in [2.05, 4.69) is 40.2 Å². The number of Topliss-reactive ketones (excluding diaryl/α,β-unsaturated/α-hetero) is 2. The largest absolute Gasteiger partial charge is 0.467 e. The number of hydrogen-bond donors (Lipinski definition) is 4. The van der Waals surface area contributed by atoms with Gasteiger partial charge < -0.3 is 45.0 Å². The number of ketones is 4. The van der Waals surface area contributed by atoms with Gasteiger partial charge in [-0.2, -0.15) is 0 Å². The van der Waals surface area contributed by atoms with Crippen LogP contribution >= 0.6 is 0 Å². The van der Waals surface area contributed by atoms with Gasteiger partial charge in [0, 0.05) is 45.7 Å². The quantitative estimate of drug-likeness (QED) is 0.0385. The average molecular weight is 1050 g/mol. The highest BCUT2D eigenvalue weighted by molar-refractivity contribution is 6.41. The van der Waals surface area contributed by atoms with Gasteiger partial charge in [-0.3, -0.25) is 43.2 Å². The second kappa shape index (κ2) is 39.9. The predicted octanol–water partition coefficient (Wildman–Crippen LogP) is 3.32. The smallest absolute Gasteiger partial charge is 0.328 e. The van der Waals surface area contributed by atoms with Gasteiger partial charge in [-0.15, -0.1) is 0 Å². The third kappa shape index (κ3) is 33.6. The summed E-state index contributed by atoms with van der Waals surface area (Å²) in [4.78, 5) is 146. The van der Waals surface area contributed by atoms with Crippen molar-refractivity contribution < 1.29 is 86.0 Å². The molecule has 22 heteroatoms. The molecule has 0 aliphatic rings. The summed E-state index contributed by atoms with van der Waals surface area (Å²) in [5.74, 6) is -6.45. The van der Waals surface area contributed by atoms with Gasteiger partial charge in [-0.05, 0) is 82.0 Å². The van der Waals surface area contributed by atoms with E-state index in [1.54, 1.807) is 72.8 Å². The number of methoxy groups -OCH3 is 4. The molecule has 2 aromatic rings. The topological polar surface area (TPSA) is 316 Å². The second-order valence-corrected chi connectivity index (χ2v) is 15.5. The summed E-state index contributed by atoms with van der Waals surface area (Å²) < 4.78 is 23.0. The highest BCUT2D eigenvalue weighted by Crippen LogP contribution is 2.06. The Kier molecular flexibility index (Phi) is 36.4. The molecule has 2 aromatic carbocycles. The third-order valence-electron chi connectivity index (χ3n) is 9.04. The Morgan fingerprint density at radius 1 is 0.427 bits per heavy atom. The Bertz CT molecular complexity index is 2370. The standard InChI is InChI=1S/C19H24N2O6.C16H17NO5.C10H17NO3.C8H10O4/c1-13(22)20-15(18(24)26-2)11-7-8-12-16(19(25)27-3)21-17(23)14-9-5-4-6-10-14;1-11(18)14(19)10-6-9-13(16(21)22-2)17-15(20)12-7-4-3-5-8-12;1-7(2)5-6-9(10(13)14-4)11-8(3)12;1-6(9)8(11)4-3-5-12-7(2)10/h4-10,15-16H,11-12H2,1-3H3,(H,20,22)(H,21,23);3-8,10,13H,9H2,1-2H3,(H,17,20);5,9H,6H2,1-4H3,(H,11,12);3-4H,5H2,1-2H3/b;;;4-3-/t15-,16-;13-;9-;/m000./s1. The van der Waals surface area contributed by atoms with E-state index in [0.717, 1.165) is 24.6 Å². The number of esters is 5. The van der Waals surface area contributed by atoms with Crippen molar-refractivity contribution in [1.82, 2.24) is 21.3 Å². The van der Waals surface area contributed by atoms with E-state index >= 15 is 0 Å². The molecular formula is C53H68N4O18. The predicted molar refractivity (Wildman–Crippen MR) is 272 cm³/mol. The van der Waals surface area contributed by atoms with Crippen molar-refractivity contribution in [3.63, 3.8) is 0 Å². The molecule has 0 unspecified atom stereocenters. The van der Waals surface area contributed by atoms with Crippen LogP contribution in [0.1, 0.15) is 94.9 Å². The van der Waals surface area contributed by atoms with Crippen molar-refractivity contribution in [2.45, 2.75) is 98.3 Å². The molecule has 0 aliphatic carbocycles. The molecule has 0 radical (unpaired) electrons. The molecule has 0 bridgehead atoms. The molecule has 75 heavy (non-hydrogen) atoms. The van der Waals surface area contributed by atoms with E-state index in [0.29, 0.717) is 17.5 Å². The molecule has 22 nitrogen and oxygen atoms in total. The van der Waals surface area contributed by atoms with E-state index < -0.39 is 89.0 Å². The van der Waals surface area contributed by atoms with Crippen LogP contribution in [0.4, 0.5) is 0 Å². The van der Waals surface area contributed by atoms with Crippen molar-refractivity contribution in [2.75, 3.05) is 35.0 Å². The van der Waals surface area contributed by atoms with Crippen LogP contribution in [0, 0.1) is 0 Å². The normalized spacial score (nSPS) is 11.7. The first-order valence-corrected chi connectivity index (χ1v) is 22.8. The number of hydrogen-bond acceptors (Lipinski definition) is 18. The lowest BCUT2D eigenvalue weighted by molar-refractivity contribution is -0.145. The summed E-state index contributed by atoms with van der Waals surface area (Å²) in [6.45, 7) is 10.2. The minimum absolute atomic E-state index is 0.0222. The summed E-state index contributed by atoms with van der Waals surface area (Å²) in [7, 11) is 4.97. The van der Waals surface area contributed by atoms with Crippen LogP contribution in [0.15, 0.2) is 109 Å². The van der Waals surface area contributed by atoms with Gasteiger partial charge >= 0.3 is 29.8 Å². The highest BCUT2D eigenvalue weighted by Gasteiger charge is 2.23. The first-order valence-electron chi connectivity index (χ1n) is 22.8. The Morgan fingerprint density at radius 2 is 0.747 bits per heavy atom. The summed E-state index contributed by atoms with van der Waals surface area (Å²) in [5, 5.41) is 10.1. The molecule has 0 aliphatic heterocycles. The fraction of sp³-hybridized carbons (Fsp3) is 0.377. The monoisotopic (exact) mass is 1050 g/mol. The molecular weight excluding hydrogens is 981 g/mol. The summed E-state index contributed by atoms with van der Waals surface area (Å²) in [6.07, 6.45) is 10.9. The van der Waals surface area contributed by atoms with Crippen LogP contribution < -0.4 is 21.3 Å². The summed E-state index contributed by atoms with van der Waals surface area (Å²) >= 11 is 0. The van der Waals surface area contributed by atoms with Crippen molar-refractivity contribution in [2.24, 2.45) is 0 Å². The summed E-state index contributed by atoms with van der Waals surface area (Å²) in [5.41, 5.74) is 1.93. The lowest BCUT2D eigenvalue weighted by Crippen LogP contribution is -2.41. The van der Waals surface area contributed by atoms with E-state index in [1.807, 2.05) is 19.9 Å². The molecule has 4 N–H and O–H groups in total. The summed E-state index contributed by atoms with van der Waals surface area (Å²) in [6, 6.07) is 13.7. The Hall–Kier alpha value is -8.69. The minimum Gasteiger partial charge on any atom is -0.467 e. The number of amides is 4. The number of ether oxygens (including phenoxy) is 5. The molecule has 0 fully saturated rings. The van der Waals surface area contributed by atoms with E-state index in [9.17, 15) is 62.3 Å². The first kappa shape index (κ1) is 68.4. The van der Waals surface area contributed by atoms with Gasteiger partial charge in [-0.1, -0.05) is 66.3 Å². The van der Waals surface area contributed by atoms with Crippen molar-refractivity contribution in [1.29, 1.82) is 0 Å². The molecule has 4 amide bonds. The zero-order valence-electron chi connectivity index (χ0n) is 44.0. The maximum absolute atomic E-state index is 12.2. The van der Waals surface area contributed by atoms with E-state index in [-0.39, 0.29) is 37.7 Å². The van der Waals surface area contributed by atoms with E-state index in [4.69, 9.17) is 4.74 Å². The number of nitrogens with one attached hydrogen (secondary N) is 4. The molecule has 0 heterocycles. The van der Waals surface area contributed by atoms with Crippen molar-refractivity contribution in [3.8, 4) is 0 Å². The average Bonchev–Trinajstić information content (AvgIpc) is 3.38. The van der Waals surface area contributed by atoms with Crippen LogP contribution in [-0.2, 0) is 76.4 Å². The Labute approximate surface area is 436 Å². The van der Waals surface area contributed by atoms with E-state index in [1.165, 1.54) is 68.3 Å². The van der Waals surface area contributed by atoms with Crippen LogP contribution in [0.5, 0.6) is 0 Å². The van der Waals surface area contributed by atoms with Crippen molar-refractivity contribution in [3.05, 3.63) is 120 Å². The molecule has 408 valence electrons. The number of allylic oxidation sites excluding steroid dienone is 3. The van der Waals surface area contributed by atoms with Gasteiger partial charge in [0.1, 0.15) is 30.8 Å². The van der Waals surface area contributed by atoms with Gasteiger partial charge in [0.2, 0.25) is 23.4 Å². The van der Waals surface area contributed by atoms with Crippen LogP contribution in [0.25, 0.3) is 0 Å². The molecule has 0 aromatic heterocycles. The molecule has 2 rings (SSSR count). The SMILES string of the molecule is CC(=O)OC/C=C\C(=O)C(C)=O.COC(=O)[C@H](CC=C(C)C)NC(C)=O.COC(=O)[C@H](CC=CC(=O)C(C)=O)NC(=O)c1ccccc1.COC(=O)[C@H](CC=CC[C@H](NC(=O)c1ccccc1)C(=O)OC)NC(C)=O. The molecule has 0 saturated carbocycles. The van der Waals surface area contributed by atoms with Crippen LogP contribution in [0.3, 0.4) is 0 Å². The van der Waals surface area contributed by atoms with Crippen LogP contribution in [0.2, 0.25) is 0 Å². The van der Waals surface area contributed by atoms with Crippen LogP contribution in [-0.4, -0.2) is 136 Å². The zero-order chi connectivity index (χ0) is 57.5. The molecule has 4 atom stereocenters. The fourth-order valence-electron chi connectivity index (χ4n) is 5.26. The van der Waals surface area contributed by atoms with Crippen molar-refractivity contribution >= 4 is 76.6 Å². The number of carbonyl (C=O) groups excluding carboxylic acids is 13. The minimum atomic E-state index is -0.936. The van der Waals surface area contributed by atoms with Gasteiger partial charge in [0.15, 0.2) is 11.6 Å².